The summed E-state index contributed by atoms with van der Waals surface area (Å²) >= 11 is 6.25. The van der Waals surface area contributed by atoms with Gasteiger partial charge in [-0.25, -0.2) is 0 Å². The molecule has 0 heterocycles. The van der Waals surface area contributed by atoms with E-state index in [9.17, 15) is 0 Å². The Kier molecular flexibility index (Phi) is 4.88. The lowest BCUT2D eigenvalue weighted by molar-refractivity contribution is 0.667. The second kappa shape index (κ2) is 5.95. The minimum atomic E-state index is 0.320. The first-order chi connectivity index (χ1) is 7.61. The van der Waals surface area contributed by atoms with Gasteiger partial charge in [-0.1, -0.05) is 44.5 Å². The molecule has 0 aliphatic heterocycles. The van der Waals surface area contributed by atoms with Crippen molar-refractivity contribution in [2.45, 2.75) is 27.2 Å². The average Bonchev–Trinajstić information content (AvgIpc) is 2.25. The Labute approximate surface area is 103 Å². The van der Waals surface area contributed by atoms with Crippen LogP contribution in [-0.2, 0) is 0 Å². The maximum atomic E-state index is 6.25. The quantitative estimate of drug-likeness (QED) is 0.785. The van der Waals surface area contributed by atoms with Crippen LogP contribution in [0.3, 0.4) is 0 Å². The smallest absolute Gasteiger partial charge is 0.0255 e. The van der Waals surface area contributed by atoms with Gasteiger partial charge in [0.25, 0.3) is 0 Å². The van der Waals surface area contributed by atoms with Crippen molar-refractivity contribution < 1.29 is 0 Å². The van der Waals surface area contributed by atoms with Crippen molar-refractivity contribution in [3.63, 3.8) is 0 Å². The molecule has 1 atom stereocenters. The third-order valence-electron chi connectivity index (χ3n) is 2.88. The molecule has 0 amide bonds. The first-order valence-corrected chi connectivity index (χ1v) is 6.15. The summed E-state index contributed by atoms with van der Waals surface area (Å²) in [5, 5.41) is 0.920. The molecule has 1 aliphatic carbocycles. The maximum Gasteiger partial charge on any atom is 0.0255 e. The standard InChI is InChI=1S/C14H20ClN/c1-4-11-13(6-5-9-16)12(10(2)3)7-8-14(11)15/h5-11H,4,16H2,1-3H3/b9-5-,13-6+. The fourth-order valence-electron chi connectivity index (χ4n) is 2.04. The molecular weight excluding hydrogens is 218 g/mol. The molecule has 0 aromatic carbocycles. The molecule has 1 unspecified atom stereocenters. The number of hydrogen-bond donors (Lipinski definition) is 1. The maximum absolute atomic E-state index is 6.25. The molecule has 2 heteroatoms. The molecule has 0 fully saturated rings. The number of rotatable bonds is 3. The van der Waals surface area contributed by atoms with Crippen molar-refractivity contribution in [2.24, 2.45) is 17.6 Å². The van der Waals surface area contributed by atoms with E-state index in [0.717, 1.165) is 11.5 Å². The molecule has 0 aromatic heterocycles. The first-order valence-electron chi connectivity index (χ1n) is 5.77. The minimum absolute atomic E-state index is 0.320. The van der Waals surface area contributed by atoms with Crippen LogP contribution in [0.1, 0.15) is 27.2 Å². The summed E-state index contributed by atoms with van der Waals surface area (Å²) in [6, 6.07) is 0. The molecular formula is C14H20ClN. The second-order valence-electron chi connectivity index (χ2n) is 4.30. The first kappa shape index (κ1) is 13.1. The van der Waals surface area contributed by atoms with E-state index >= 15 is 0 Å². The van der Waals surface area contributed by atoms with Gasteiger partial charge in [0.15, 0.2) is 0 Å². The fourth-order valence-corrected chi connectivity index (χ4v) is 2.38. The topological polar surface area (TPSA) is 26.0 Å². The number of halogens is 1. The van der Waals surface area contributed by atoms with Gasteiger partial charge in [0, 0.05) is 11.0 Å². The predicted octanol–water partition coefficient (Wildman–Crippen LogP) is 4.13. The van der Waals surface area contributed by atoms with Crippen molar-refractivity contribution in [2.75, 3.05) is 0 Å². The summed E-state index contributed by atoms with van der Waals surface area (Å²) in [6.07, 6.45) is 10.7. The molecule has 0 spiro atoms. The lowest BCUT2D eigenvalue weighted by Gasteiger charge is -2.26. The van der Waals surface area contributed by atoms with Crippen molar-refractivity contribution in [1.82, 2.24) is 0 Å². The Bertz CT molecular complexity index is 359. The van der Waals surface area contributed by atoms with E-state index in [-0.39, 0.29) is 0 Å². The molecule has 0 saturated heterocycles. The van der Waals surface area contributed by atoms with Gasteiger partial charge in [0.05, 0.1) is 0 Å². The summed E-state index contributed by atoms with van der Waals surface area (Å²) in [5.74, 6) is 0.827. The van der Waals surface area contributed by atoms with Crippen LogP contribution in [0, 0.1) is 11.8 Å². The van der Waals surface area contributed by atoms with Crippen LogP contribution in [0.4, 0.5) is 0 Å². The van der Waals surface area contributed by atoms with Gasteiger partial charge >= 0.3 is 0 Å². The highest BCUT2D eigenvalue weighted by molar-refractivity contribution is 6.30. The Morgan fingerprint density at radius 2 is 2.12 bits per heavy atom. The normalized spacial score (nSPS) is 24.1. The van der Waals surface area contributed by atoms with Gasteiger partial charge in [0.1, 0.15) is 0 Å². The van der Waals surface area contributed by atoms with Crippen molar-refractivity contribution >= 4 is 11.6 Å². The van der Waals surface area contributed by atoms with Gasteiger partial charge in [-0.15, -0.1) is 0 Å². The van der Waals surface area contributed by atoms with Crippen molar-refractivity contribution in [3.05, 3.63) is 46.7 Å². The van der Waals surface area contributed by atoms with Gasteiger partial charge < -0.3 is 5.73 Å². The molecule has 1 rings (SSSR count). The summed E-state index contributed by atoms with van der Waals surface area (Å²) in [6.45, 7) is 6.56. The fraction of sp³-hybridized carbons (Fsp3) is 0.429. The van der Waals surface area contributed by atoms with E-state index < -0.39 is 0 Å². The lowest BCUT2D eigenvalue weighted by atomic mass is 9.81. The van der Waals surface area contributed by atoms with Crippen LogP contribution in [0.2, 0.25) is 0 Å². The minimum Gasteiger partial charge on any atom is -0.405 e. The van der Waals surface area contributed by atoms with E-state index in [1.807, 2.05) is 12.2 Å². The van der Waals surface area contributed by atoms with Crippen LogP contribution < -0.4 is 5.73 Å². The van der Waals surface area contributed by atoms with E-state index in [2.05, 4.69) is 32.9 Å². The van der Waals surface area contributed by atoms with Crippen LogP contribution in [0.5, 0.6) is 0 Å². The second-order valence-corrected chi connectivity index (χ2v) is 4.73. The predicted molar refractivity (Wildman–Crippen MR) is 72.0 cm³/mol. The SMILES string of the molecule is CCC1C(Cl)=CC=C(C(C)C)/C1=C/C=C\N. The van der Waals surface area contributed by atoms with Crippen LogP contribution in [0.25, 0.3) is 0 Å². The molecule has 0 aromatic rings. The van der Waals surface area contributed by atoms with Crippen molar-refractivity contribution in [3.8, 4) is 0 Å². The third-order valence-corrected chi connectivity index (χ3v) is 3.27. The van der Waals surface area contributed by atoms with Gasteiger partial charge in [-0.2, -0.15) is 0 Å². The van der Waals surface area contributed by atoms with Crippen LogP contribution in [-0.4, -0.2) is 0 Å². The summed E-state index contributed by atoms with van der Waals surface area (Å²) < 4.78 is 0. The zero-order valence-electron chi connectivity index (χ0n) is 10.2. The molecule has 88 valence electrons. The largest absolute Gasteiger partial charge is 0.405 e. The van der Waals surface area contributed by atoms with E-state index in [1.165, 1.54) is 11.1 Å². The summed E-state index contributed by atoms with van der Waals surface area (Å²) in [5.41, 5.74) is 8.05. The lowest BCUT2D eigenvalue weighted by Crippen LogP contribution is -2.12. The Morgan fingerprint density at radius 1 is 1.44 bits per heavy atom. The average molecular weight is 238 g/mol. The molecule has 0 saturated carbocycles. The number of allylic oxidation sites excluding steroid dienone is 7. The highest BCUT2D eigenvalue weighted by Crippen LogP contribution is 2.38. The van der Waals surface area contributed by atoms with Crippen LogP contribution >= 0.6 is 11.6 Å². The number of hydrogen-bond acceptors (Lipinski definition) is 1. The number of nitrogens with two attached hydrogens (primary N) is 1. The zero-order chi connectivity index (χ0) is 12.1. The highest BCUT2D eigenvalue weighted by Gasteiger charge is 2.23. The molecule has 1 nitrogen and oxygen atoms in total. The monoisotopic (exact) mass is 237 g/mol. The Hall–Kier alpha value is -0.950. The third kappa shape index (κ3) is 2.79. The van der Waals surface area contributed by atoms with E-state index in [4.69, 9.17) is 17.3 Å². The van der Waals surface area contributed by atoms with Gasteiger partial charge in [-0.05, 0) is 41.8 Å². The molecule has 16 heavy (non-hydrogen) atoms. The van der Waals surface area contributed by atoms with E-state index in [0.29, 0.717) is 11.8 Å². The molecule has 2 N–H and O–H groups in total. The highest BCUT2D eigenvalue weighted by atomic mass is 35.5. The molecule has 0 radical (unpaired) electrons. The zero-order valence-corrected chi connectivity index (χ0v) is 11.0. The molecule has 0 bridgehead atoms. The Morgan fingerprint density at radius 3 is 2.62 bits per heavy atom. The molecule has 1 aliphatic rings. The van der Waals surface area contributed by atoms with Gasteiger partial charge in [0.2, 0.25) is 0 Å². The van der Waals surface area contributed by atoms with E-state index in [1.54, 1.807) is 6.20 Å². The summed E-state index contributed by atoms with van der Waals surface area (Å²) in [4.78, 5) is 0. The summed E-state index contributed by atoms with van der Waals surface area (Å²) in [7, 11) is 0. The van der Waals surface area contributed by atoms with Crippen molar-refractivity contribution in [1.29, 1.82) is 0 Å². The van der Waals surface area contributed by atoms with Gasteiger partial charge in [-0.3, -0.25) is 0 Å². The van der Waals surface area contributed by atoms with Crippen LogP contribution in [0.15, 0.2) is 46.7 Å². The Balaban J connectivity index is 3.15.